The predicted octanol–water partition coefficient (Wildman–Crippen LogP) is 4.47. The van der Waals surface area contributed by atoms with Crippen LogP contribution in [0.5, 0.6) is 0 Å². The van der Waals surface area contributed by atoms with Crippen molar-refractivity contribution in [3.05, 3.63) is 71.7 Å². The molecule has 0 radical (unpaired) electrons. The van der Waals surface area contributed by atoms with E-state index in [-0.39, 0.29) is 0 Å². The SMILES string of the molecule is Cc1nc(-c2ncc(C3=CCC=C(OC(C)(C)F)C=C3)o2)nn1Cc1ccnc(N2CCOCC2)c1. The summed E-state index contributed by atoms with van der Waals surface area (Å²) in [4.78, 5) is 15.7. The molecule has 0 amide bonds. The number of aryl methyl sites for hydroxylation is 1. The van der Waals surface area contributed by atoms with Gasteiger partial charge in [0.1, 0.15) is 17.4 Å². The lowest BCUT2D eigenvalue weighted by Crippen LogP contribution is -2.36. The first-order chi connectivity index (χ1) is 17.3. The number of rotatable bonds is 7. The lowest BCUT2D eigenvalue weighted by molar-refractivity contribution is -0.0744. The molecule has 1 aliphatic carbocycles. The van der Waals surface area contributed by atoms with Gasteiger partial charge < -0.3 is 18.8 Å². The number of nitrogens with zero attached hydrogens (tertiary/aromatic N) is 6. The van der Waals surface area contributed by atoms with Gasteiger partial charge in [-0.05, 0) is 49.3 Å². The van der Waals surface area contributed by atoms with Crippen molar-refractivity contribution in [2.24, 2.45) is 0 Å². The zero-order valence-electron chi connectivity index (χ0n) is 20.6. The average molecular weight is 493 g/mol. The molecule has 0 unspecified atom stereocenters. The zero-order valence-corrected chi connectivity index (χ0v) is 20.6. The van der Waals surface area contributed by atoms with Gasteiger partial charge >= 0.3 is 0 Å². The summed E-state index contributed by atoms with van der Waals surface area (Å²) in [7, 11) is 0. The van der Waals surface area contributed by atoms with E-state index in [4.69, 9.17) is 13.9 Å². The van der Waals surface area contributed by atoms with Gasteiger partial charge in [0, 0.05) is 38.7 Å². The normalized spacial score (nSPS) is 16.5. The maximum Gasteiger partial charge on any atom is 0.267 e. The summed E-state index contributed by atoms with van der Waals surface area (Å²) in [5, 5.41) is 4.63. The van der Waals surface area contributed by atoms with Crippen LogP contribution in [0.2, 0.25) is 0 Å². The second-order valence-corrected chi connectivity index (χ2v) is 9.09. The molecule has 3 aromatic rings. The fourth-order valence-electron chi connectivity index (χ4n) is 4.02. The van der Waals surface area contributed by atoms with Crippen LogP contribution in [0.25, 0.3) is 17.3 Å². The number of halogens is 1. The summed E-state index contributed by atoms with van der Waals surface area (Å²) >= 11 is 0. The van der Waals surface area contributed by atoms with E-state index in [2.05, 4.69) is 31.0 Å². The summed E-state index contributed by atoms with van der Waals surface area (Å²) in [6, 6.07) is 4.06. The number of pyridine rings is 1. The quantitative estimate of drug-likeness (QED) is 0.477. The van der Waals surface area contributed by atoms with Crippen molar-refractivity contribution in [3.63, 3.8) is 0 Å². The molecule has 36 heavy (non-hydrogen) atoms. The topological polar surface area (TPSA) is 91.3 Å². The number of hydrogen-bond acceptors (Lipinski definition) is 8. The smallest absolute Gasteiger partial charge is 0.267 e. The van der Waals surface area contributed by atoms with Gasteiger partial charge in [-0.1, -0.05) is 6.08 Å². The molecule has 188 valence electrons. The molecule has 1 aliphatic heterocycles. The third-order valence-electron chi connectivity index (χ3n) is 5.76. The number of oxazole rings is 1. The number of hydrogen-bond donors (Lipinski definition) is 0. The Balaban J connectivity index is 1.29. The molecule has 5 rings (SSSR count). The molecule has 1 saturated heterocycles. The molecule has 0 saturated carbocycles. The lowest BCUT2D eigenvalue weighted by atomic mass is 10.2. The summed E-state index contributed by atoms with van der Waals surface area (Å²) in [6.07, 6.45) is 11.4. The first kappa shape index (κ1) is 23.9. The van der Waals surface area contributed by atoms with Crippen LogP contribution in [0.15, 0.2) is 59.0 Å². The van der Waals surface area contributed by atoms with Crippen molar-refractivity contribution in [2.45, 2.75) is 39.6 Å². The molecule has 0 atom stereocenters. The number of alkyl halides is 1. The minimum absolute atomic E-state index is 0.337. The third kappa shape index (κ3) is 5.71. The maximum absolute atomic E-state index is 13.8. The number of morpholine rings is 1. The lowest BCUT2D eigenvalue weighted by Gasteiger charge is -2.28. The second-order valence-electron chi connectivity index (χ2n) is 9.09. The predicted molar refractivity (Wildman–Crippen MR) is 133 cm³/mol. The highest BCUT2D eigenvalue weighted by molar-refractivity contribution is 5.72. The Labute approximate surface area is 209 Å². The van der Waals surface area contributed by atoms with Gasteiger partial charge in [-0.15, -0.1) is 5.10 Å². The molecular formula is C26H29FN6O3. The first-order valence-electron chi connectivity index (χ1n) is 12.0. The summed E-state index contributed by atoms with van der Waals surface area (Å²) in [5.74, 6) is 1.75. The molecule has 4 heterocycles. The van der Waals surface area contributed by atoms with E-state index in [1.54, 1.807) is 12.3 Å². The van der Waals surface area contributed by atoms with Gasteiger partial charge in [-0.3, -0.25) is 0 Å². The van der Waals surface area contributed by atoms with E-state index in [0.29, 0.717) is 49.4 Å². The second kappa shape index (κ2) is 10.1. The monoisotopic (exact) mass is 492 g/mol. The number of allylic oxidation sites excluding steroid dienone is 5. The van der Waals surface area contributed by atoms with Crippen LogP contribution in [0.4, 0.5) is 10.2 Å². The Morgan fingerprint density at radius 3 is 2.78 bits per heavy atom. The fourth-order valence-corrected chi connectivity index (χ4v) is 4.02. The highest BCUT2D eigenvalue weighted by Gasteiger charge is 2.19. The van der Waals surface area contributed by atoms with Crippen molar-refractivity contribution in [3.8, 4) is 11.7 Å². The van der Waals surface area contributed by atoms with E-state index in [0.717, 1.165) is 35.9 Å². The fraction of sp³-hybridized carbons (Fsp3) is 0.385. The van der Waals surface area contributed by atoms with Crippen molar-refractivity contribution < 1.29 is 18.3 Å². The number of aromatic nitrogens is 5. The van der Waals surface area contributed by atoms with E-state index in [1.165, 1.54) is 13.8 Å². The average Bonchev–Trinajstić information content (AvgIpc) is 3.41. The molecular weight excluding hydrogens is 463 g/mol. The standard InChI is InChI=1S/C26H29FN6O3/c1-18-30-24(31-33(18)17-19-9-10-28-23(15-19)32-11-13-34-14-12-32)25-29-16-22(35-25)20-5-4-6-21(8-7-20)36-26(2,3)27/h5-10,15-16H,4,11-14,17H2,1-3H3. The summed E-state index contributed by atoms with van der Waals surface area (Å²) in [5.41, 5.74) is 1.90. The third-order valence-corrected chi connectivity index (χ3v) is 5.76. The molecule has 3 aromatic heterocycles. The van der Waals surface area contributed by atoms with Crippen LogP contribution in [-0.2, 0) is 16.0 Å². The molecule has 0 N–H and O–H groups in total. The van der Waals surface area contributed by atoms with Crippen LogP contribution >= 0.6 is 0 Å². The van der Waals surface area contributed by atoms with Crippen LogP contribution in [0.3, 0.4) is 0 Å². The van der Waals surface area contributed by atoms with Crippen LogP contribution in [0.1, 0.15) is 37.4 Å². The highest BCUT2D eigenvalue weighted by atomic mass is 19.2. The number of anilines is 1. The van der Waals surface area contributed by atoms with Crippen LogP contribution in [0, 0.1) is 6.92 Å². The molecule has 10 heteroatoms. The minimum atomic E-state index is -1.75. The van der Waals surface area contributed by atoms with E-state index in [1.807, 2.05) is 42.1 Å². The van der Waals surface area contributed by atoms with Gasteiger partial charge in [-0.25, -0.2) is 19.6 Å². The first-order valence-corrected chi connectivity index (χ1v) is 12.0. The van der Waals surface area contributed by atoms with Gasteiger partial charge in [0.05, 0.1) is 26.0 Å². The molecule has 0 spiro atoms. The molecule has 9 nitrogen and oxygen atoms in total. The Hall–Kier alpha value is -3.79. The van der Waals surface area contributed by atoms with Crippen molar-refractivity contribution in [2.75, 3.05) is 31.2 Å². The Morgan fingerprint density at radius 1 is 1.14 bits per heavy atom. The molecule has 2 aliphatic rings. The van der Waals surface area contributed by atoms with Gasteiger partial charge in [0.25, 0.3) is 5.89 Å². The Morgan fingerprint density at radius 2 is 1.97 bits per heavy atom. The van der Waals surface area contributed by atoms with Crippen molar-refractivity contribution in [1.82, 2.24) is 24.7 Å². The van der Waals surface area contributed by atoms with Crippen molar-refractivity contribution in [1.29, 1.82) is 0 Å². The Kier molecular flexibility index (Phi) is 6.69. The molecule has 0 bridgehead atoms. The van der Waals surface area contributed by atoms with E-state index in [9.17, 15) is 4.39 Å². The number of ether oxygens (including phenoxy) is 2. The van der Waals surface area contributed by atoms with Crippen molar-refractivity contribution >= 4 is 11.4 Å². The largest absolute Gasteiger partial charge is 0.459 e. The minimum Gasteiger partial charge on any atom is -0.459 e. The van der Waals surface area contributed by atoms with E-state index < -0.39 is 5.85 Å². The zero-order chi connectivity index (χ0) is 25.1. The van der Waals surface area contributed by atoms with Gasteiger partial charge in [-0.2, -0.15) is 4.39 Å². The maximum atomic E-state index is 13.8. The van der Waals surface area contributed by atoms with Gasteiger partial charge in [0.2, 0.25) is 11.7 Å². The van der Waals surface area contributed by atoms with Crippen LogP contribution in [-0.4, -0.2) is 56.9 Å². The Bertz CT molecular complexity index is 1310. The van der Waals surface area contributed by atoms with Crippen LogP contribution < -0.4 is 4.90 Å². The molecule has 1 fully saturated rings. The summed E-state index contributed by atoms with van der Waals surface area (Å²) < 4.78 is 32.4. The molecule has 0 aromatic carbocycles. The van der Waals surface area contributed by atoms with Gasteiger partial charge in [0.15, 0.2) is 5.76 Å². The van der Waals surface area contributed by atoms with E-state index >= 15 is 0 Å². The highest BCUT2D eigenvalue weighted by Crippen LogP contribution is 2.27. The summed E-state index contributed by atoms with van der Waals surface area (Å²) in [6.45, 7) is 8.29.